The Labute approximate surface area is 171 Å². The Balaban J connectivity index is 1.88. The zero-order valence-corrected chi connectivity index (χ0v) is 16.1. The highest BCUT2D eigenvalue weighted by Crippen LogP contribution is 2.37. The van der Waals surface area contributed by atoms with Gasteiger partial charge < -0.3 is 24.9 Å². The summed E-state index contributed by atoms with van der Waals surface area (Å²) in [6.45, 7) is 0. The number of nitriles is 1. The fourth-order valence-corrected chi connectivity index (χ4v) is 3.19. The number of carbonyl (C=O) groups is 1. The number of fused-ring (bicyclic) bond motifs is 1. The highest BCUT2D eigenvalue weighted by molar-refractivity contribution is 5.89. The number of aromatic nitrogens is 3. The van der Waals surface area contributed by atoms with Crippen LogP contribution >= 0.6 is 0 Å². The number of imidazole rings is 1. The molecule has 3 N–H and O–H groups in total. The second-order valence-corrected chi connectivity index (χ2v) is 6.36. The van der Waals surface area contributed by atoms with Crippen molar-refractivity contribution in [3.63, 3.8) is 0 Å². The summed E-state index contributed by atoms with van der Waals surface area (Å²) in [5.41, 5.74) is 3.02. The molecule has 4 rings (SSSR count). The maximum absolute atomic E-state index is 11.3. The van der Waals surface area contributed by atoms with E-state index in [4.69, 9.17) is 9.47 Å². The van der Waals surface area contributed by atoms with Crippen LogP contribution in [-0.4, -0.2) is 39.9 Å². The van der Waals surface area contributed by atoms with E-state index in [9.17, 15) is 15.2 Å². The van der Waals surface area contributed by atoms with Gasteiger partial charge >= 0.3 is 5.97 Å². The first-order chi connectivity index (χ1) is 14.5. The van der Waals surface area contributed by atoms with Crippen LogP contribution in [0.2, 0.25) is 0 Å². The third-order valence-corrected chi connectivity index (χ3v) is 4.63. The summed E-state index contributed by atoms with van der Waals surface area (Å²) in [6.07, 6.45) is 1.46. The largest absolute Gasteiger partial charge is 0.493 e. The van der Waals surface area contributed by atoms with Gasteiger partial charge in [-0.1, -0.05) is 6.07 Å². The van der Waals surface area contributed by atoms with Gasteiger partial charge in [-0.3, -0.25) is 0 Å². The number of benzene rings is 2. The minimum Gasteiger partial charge on any atom is -0.493 e. The fourth-order valence-electron chi connectivity index (χ4n) is 3.19. The van der Waals surface area contributed by atoms with Crippen molar-refractivity contribution in [3.8, 4) is 28.8 Å². The van der Waals surface area contributed by atoms with E-state index in [0.717, 1.165) is 5.56 Å². The van der Waals surface area contributed by atoms with E-state index in [0.29, 0.717) is 39.9 Å². The Kier molecular flexibility index (Phi) is 4.74. The van der Waals surface area contributed by atoms with E-state index in [1.165, 1.54) is 18.3 Å². The average molecular weight is 403 g/mol. The van der Waals surface area contributed by atoms with Crippen molar-refractivity contribution in [1.82, 2.24) is 14.6 Å². The van der Waals surface area contributed by atoms with Crippen LogP contribution in [0, 0.1) is 11.3 Å². The lowest BCUT2D eigenvalue weighted by Crippen LogP contribution is -2.01. The number of carboxylic acid groups (broad SMARTS) is 1. The number of aromatic amines is 1. The van der Waals surface area contributed by atoms with Crippen molar-refractivity contribution in [2.24, 2.45) is 0 Å². The number of rotatable bonds is 6. The van der Waals surface area contributed by atoms with Crippen molar-refractivity contribution in [3.05, 3.63) is 59.8 Å². The summed E-state index contributed by atoms with van der Waals surface area (Å²) < 4.78 is 12.3. The van der Waals surface area contributed by atoms with Gasteiger partial charge in [0.2, 0.25) is 0 Å². The molecule has 0 aliphatic heterocycles. The van der Waals surface area contributed by atoms with Gasteiger partial charge in [-0.25, -0.2) is 4.79 Å². The normalized spacial score (nSPS) is 10.6. The highest BCUT2D eigenvalue weighted by atomic mass is 16.5. The van der Waals surface area contributed by atoms with Gasteiger partial charge in [0, 0.05) is 11.3 Å². The molecule has 0 saturated carbocycles. The summed E-state index contributed by atoms with van der Waals surface area (Å²) in [4.78, 5) is 14.5. The number of H-pyrrole nitrogens is 1. The Morgan fingerprint density at radius 3 is 2.70 bits per heavy atom. The van der Waals surface area contributed by atoms with Crippen LogP contribution in [0.25, 0.3) is 16.9 Å². The maximum Gasteiger partial charge on any atom is 0.335 e. The predicted molar refractivity (Wildman–Crippen MR) is 109 cm³/mol. The number of anilines is 2. The molecule has 2 aromatic heterocycles. The molecule has 9 nitrogen and oxygen atoms in total. The molecule has 0 atom stereocenters. The van der Waals surface area contributed by atoms with E-state index in [1.807, 2.05) is 6.07 Å². The van der Waals surface area contributed by atoms with E-state index < -0.39 is 5.97 Å². The lowest BCUT2D eigenvalue weighted by atomic mass is 10.1. The maximum atomic E-state index is 11.3. The number of aromatic carboxylic acids is 1. The van der Waals surface area contributed by atoms with Crippen molar-refractivity contribution in [1.29, 1.82) is 5.26 Å². The summed E-state index contributed by atoms with van der Waals surface area (Å²) in [5, 5.41) is 26.2. The standard InChI is InChI=1S/C21H17N5O4/c1-29-16-7-6-12(9-17(16)30-2)18-20(26-19(25-18)14(10-22)11-23-26)24-15-5-3-4-13(8-15)21(27)28/h3-9,11,24-25H,1-2H3,(H,27,28). The lowest BCUT2D eigenvalue weighted by molar-refractivity contribution is 0.0697. The van der Waals surface area contributed by atoms with Crippen LogP contribution in [0.5, 0.6) is 11.5 Å². The van der Waals surface area contributed by atoms with Gasteiger partial charge in [0.05, 0.1) is 31.7 Å². The van der Waals surface area contributed by atoms with E-state index in [-0.39, 0.29) is 5.56 Å². The number of methoxy groups -OCH3 is 2. The SMILES string of the molecule is COc1ccc(-c2[nH]c3c(C#N)cnn3c2Nc2cccc(C(=O)O)c2)cc1OC. The molecule has 2 aromatic carbocycles. The number of nitrogens with one attached hydrogen (secondary N) is 2. The van der Waals surface area contributed by atoms with E-state index >= 15 is 0 Å². The molecule has 0 amide bonds. The van der Waals surface area contributed by atoms with Crippen LogP contribution in [0.1, 0.15) is 15.9 Å². The number of hydrogen-bond acceptors (Lipinski definition) is 6. The molecule has 2 heterocycles. The third kappa shape index (κ3) is 3.16. The predicted octanol–water partition coefficient (Wildman–Crippen LogP) is 3.66. The molecular formula is C21H17N5O4. The highest BCUT2D eigenvalue weighted by Gasteiger charge is 2.19. The monoisotopic (exact) mass is 403 g/mol. The molecule has 0 aliphatic carbocycles. The quantitative estimate of drug-likeness (QED) is 0.449. The molecule has 9 heteroatoms. The van der Waals surface area contributed by atoms with Gasteiger partial charge in [-0.2, -0.15) is 14.9 Å². The lowest BCUT2D eigenvalue weighted by Gasteiger charge is -2.11. The molecule has 150 valence electrons. The Morgan fingerprint density at radius 1 is 1.20 bits per heavy atom. The molecule has 30 heavy (non-hydrogen) atoms. The zero-order valence-electron chi connectivity index (χ0n) is 16.1. The molecule has 0 aliphatic rings. The van der Waals surface area contributed by atoms with Gasteiger partial charge in [-0.05, 0) is 36.4 Å². The molecule has 4 aromatic rings. The molecule has 0 saturated heterocycles. The number of nitrogens with zero attached hydrogens (tertiary/aromatic N) is 3. The van der Waals surface area contributed by atoms with Gasteiger partial charge in [0.15, 0.2) is 23.0 Å². The van der Waals surface area contributed by atoms with Crippen LogP contribution < -0.4 is 14.8 Å². The number of hydrogen-bond donors (Lipinski definition) is 3. The van der Waals surface area contributed by atoms with Crippen LogP contribution in [0.3, 0.4) is 0 Å². The van der Waals surface area contributed by atoms with Crippen molar-refractivity contribution in [2.75, 3.05) is 19.5 Å². The van der Waals surface area contributed by atoms with Crippen molar-refractivity contribution < 1.29 is 19.4 Å². The number of ether oxygens (including phenoxy) is 2. The third-order valence-electron chi connectivity index (χ3n) is 4.63. The molecule has 0 spiro atoms. The van der Waals surface area contributed by atoms with Gasteiger partial charge in [0.25, 0.3) is 0 Å². The molecule has 0 unspecified atom stereocenters. The second kappa shape index (κ2) is 7.52. The minimum absolute atomic E-state index is 0.151. The molecular weight excluding hydrogens is 386 g/mol. The Morgan fingerprint density at radius 2 is 2.00 bits per heavy atom. The first kappa shape index (κ1) is 18.9. The average Bonchev–Trinajstić information content (AvgIpc) is 3.33. The first-order valence-corrected chi connectivity index (χ1v) is 8.88. The second-order valence-electron chi connectivity index (χ2n) is 6.36. The molecule has 0 radical (unpaired) electrons. The molecule has 0 bridgehead atoms. The minimum atomic E-state index is -1.02. The fraction of sp³-hybridized carbons (Fsp3) is 0.0952. The van der Waals surface area contributed by atoms with Crippen LogP contribution in [-0.2, 0) is 0 Å². The summed E-state index contributed by atoms with van der Waals surface area (Å²) in [5.74, 6) is 0.644. The van der Waals surface area contributed by atoms with Gasteiger partial charge in [-0.15, -0.1) is 0 Å². The summed E-state index contributed by atoms with van der Waals surface area (Å²) in [6, 6.07) is 14.0. The van der Waals surface area contributed by atoms with Gasteiger partial charge in [0.1, 0.15) is 11.6 Å². The first-order valence-electron chi connectivity index (χ1n) is 8.88. The van der Waals surface area contributed by atoms with E-state index in [1.54, 1.807) is 43.0 Å². The Hall–Kier alpha value is -4.45. The van der Waals surface area contributed by atoms with Crippen molar-refractivity contribution in [2.45, 2.75) is 0 Å². The number of carboxylic acids is 1. The summed E-state index contributed by atoms with van der Waals surface area (Å²) >= 11 is 0. The van der Waals surface area contributed by atoms with Crippen LogP contribution in [0.4, 0.5) is 11.5 Å². The topological polar surface area (TPSA) is 125 Å². The smallest absolute Gasteiger partial charge is 0.335 e. The van der Waals surface area contributed by atoms with Crippen LogP contribution in [0.15, 0.2) is 48.7 Å². The summed E-state index contributed by atoms with van der Waals surface area (Å²) in [7, 11) is 3.11. The molecule has 0 fully saturated rings. The van der Waals surface area contributed by atoms with Crippen molar-refractivity contribution >= 4 is 23.1 Å². The Bertz CT molecular complexity index is 1300. The zero-order chi connectivity index (χ0) is 21.3. The van der Waals surface area contributed by atoms with E-state index in [2.05, 4.69) is 21.5 Å².